The smallest absolute Gasteiger partial charge is 0.142 e. The molecule has 3 heterocycles. The molecule has 6 nitrogen and oxygen atoms in total. The highest BCUT2D eigenvalue weighted by Crippen LogP contribution is 2.25. The van der Waals surface area contributed by atoms with Crippen LogP contribution in [0.1, 0.15) is 18.4 Å². The average molecular weight is 391 g/mol. The molecule has 4 rings (SSSR count). The quantitative estimate of drug-likeness (QED) is 0.717. The molecule has 1 saturated heterocycles. The Morgan fingerprint density at radius 3 is 2.59 bits per heavy atom. The van der Waals surface area contributed by atoms with Gasteiger partial charge in [-0.1, -0.05) is 12.1 Å². The number of nitrogens with zero attached hydrogens (tertiary/aromatic N) is 4. The van der Waals surface area contributed by atoms with Crippen molar-refractivity contribution in [3.8, 4) is 11.3 Å². The summed E-state index contributed by atoms with van der Waals surface area (Å²) in [5.41, 5.74) is 6.45. The summed E-state index contributed by atoms with van der Waals surface area (Å²) < 4.78 is 1.91. The third-order valence-electron chi connectivity index (χ3n) is 5.97. The average Bonchev–Trinajstić information content (AvgIpc) is 2.74. The number of aryl methyl sites for hydroxylation is 1. The van der Waals surface area contributed by atoms with E-state index in [9.17, 15) is 0 Å². The minimum atomic E-state index is 0.452. The summed E-state index contributed by atoms with van der Waals surface area (Å²) in [7, 11) is 6.24. The van der Waals surface area contributed by atoms with E-state index in [1.165, 1.54) is 18.5 Å². The highest BCUT2D eigenvalue weighted by molar-refractivity contribution is 5.68. The van der Waals surface area contributed by atoms with Crippen LogP contribution >= 0.6 is 0 Å². The first kappa shape index (κ1) is 19.5. The molecule has 6 heteroatoms. The van der Waals surface area contributed by atoms with Gasteiger partial charge in [-0.05, 0) is 57.6 Å². The Labute approximate surface area is 172 Å². The SMILES string of the molecule is CNc1cccc(-c2cc(=N)n3cc(N4CCC(N(C)C)CC4)cc(C)c3n2)c1. The Balaban J connectivity index is 1.70. The van der Waals surface area contributed by atoms with Gasteiger partial charge in [0.1, 0.15) is 11.1 Å². The second-order valence-electron chi connectivity index (χ2n) is 8.11. The molecule has 1 aliphatic rings. The number of nitrogens with one attached hydrogen (secondary N) is 2. The number of benzene rings is 1. The standard InChI is InChI=1S/C23H30N6/c1-16-12-20(28-10-8-19(9-11-28)27(3)4)15-29-22(24)14-21(26-23(16)29)17-6-5-7-18(13-17)25-2/h5-7,12-15,19,24-25H,8-11H2,1-4H3. The molecule has 0 amide bonds. The van der Waals surface area contributed by atoms with Crippen molar-refractivity contribution in [1.82, 2.24) is 14.3 Å². The van der Waals surface area contributed by atoms with Crippen LogP contribution in [0.15, 0.2) is 42.6 Å². The van der Waals surface area contributed by atoms with Gasteiger partial charge in [-0.15, -0.1) is 0 Å². The fourth-order valence-electron chi connectivity index (χ4n) is 4.17. The predicted molar refractivity (Wildman–Crippen MR) is 120 cm³/mol. The zero-order chi connectivity index (χ0) is 20.5. The summed E-state index contributed by atoms with van der Waals surface area (Å²) in [6.07, 6.45) is 4.41. The van der Waals surface area contributed by atoms with Crippen molar-refractivity contribution >= 4 is 17.0 Å². The zero-order valence-corrected chi connectivity index (χ0v) is 17.7. The van der Waals surface area contributed by atoms with E-state index in [2.05, 4.69) is 54.5 Å². The van der Waals surface area contributed by atoms with E-state index in [1.54, 1.807) is 0 Å². The van der Waals surface area contributed by atoms with Crippen molar-refractivity contribution in [2.45, 2.75) is 25.8 Å². The fourth-order valence-corrected chi connectivity index (χ4v) is 4.17. The second-order valence-corrected chi connectivity index (χ2v) is 8.11. The highest BCUT2D eigenvalue weighted by Gasteiger charge is 2.21. The summed E-state index contributed by atoms with van der Waals surface area (Å²) in [6, 6.07) is 12.9. The first-order valence-corrected chi connectivity index (χ1v) is 10.2. The van der Waals surface area contributed by atoms with Crippen molar-refractivity contribution in [1.29, 1.82) is 5.41 Å². The minimum Gasteiger partial charge on any atom is -0.388 e. The van der Waals surface area contributed by atoms with Crippen molar-refractivity contribution in [3.63, 3.8) is 0 Å². The number of rotatable bonds is 4. The van der Waals surface area contributed by atoms with E-state index >= 15 is 0 Å². The number of hydrogen-bond donors (Lipinski definition) is 2. The van der Waals surface area contributed by atoms with Crippen LogP contribution in [0, 0.1) is 12.3 Å². The third-order valence-corrected chi connectivity index (χ3v) is 5.97. The van der Waals surface area contributed by atoms with Gasteiger partial charge in [0.05, 0.1) is 11.4 Å². The number of piperidine rings is 1. The molecular weight excluding hydrogens is 360 g/mol. The molecule has 0 saturated carbocycles. The Kier molecular flexibility index (Phi) is 5.28. The van der Waals surface area contributed by atoms with Gasteiger partial charge in [0, 0.05) is 49.7 Å². The van der Waals surface area contributed by atoms with Crippen molar-refractivity contribution < 1.29 is 0 Å². The van der Waals surface area contributed by atoms with Gasteiger partial charge < -0.3 is 15.1 Å². The summed E-state index contributed by atoms with van der Waals surface area (Å²) in [4.78, 5) is 9.65. The number of aromatic nitrogens is 2. The molecule has 0 radical (unpaired) electrons. The maximum atomic E-state index is 8.63. The van der Waals surface area contributed by atoms with Crippen molar-refractivity contribution in [2.24, 2.45) is 0 Å². The summed E-state index contributed by atoms with van der Waals surface area (Å²) in [5.74, 6) is 0. The minimum absolute atomic E-state index is 0.452. The fraction of sp³-hybridized carbons (Fsp3) is 0.391. The van der Waals surface area contributed by atoms with E-state index in [1.807, 2.05) is 35.7 Å². The van der Waals surface area contributed by atoms with Crippen LogP contribution in [-0.4, -0.2) is 54.6 Å². The number of fused-ring (bicyclic) bond motifs is 1. The lowest BCUT2D eigenvalue weighted by atomic mass is 10.0. The largest absolute Gasteiger partial charge is 0.388 e. The first-order chi connectivity index (χ1) is 14.0. The van der Waals surface area contributed by atoms with Gasteiger partial charge in [0.15, 0.2) is 0 Å². The molecule has 0 unspecified atom stereocenters. The molecule has 0 aliphatic carbocycles. The molecule has 1 aliphatic heterocycles. The summed E-state index contributed by atoms with van der Waals surface area (Å²) >= 11 is 0. The van der Waals surface area contributed by atoms with Crippen molar-refractivity contribution in [2.75, 3.05) is 44.4 Å². The number of hydrogen-bond acceptors (Lipinski definition) is 5. The molecular formula is C23H30N6. The van der Waals surface area contributed by atoms with Crippen LogP contribution in [0.2, 0.25) is 0 Å². The number of anilines is 2. The lowest BCUT2D eigenvalue weighted by Crippen LogP contribution is -2.42. The molecule has 0 bridgehead atoms. The molecule has 1 fully saturated rings. The van der Waals surface area contributed by atoms with E-state index in [4.69, 9.17) is 10.4 Å². The number of pyridine rings is 1. The van der Waals surface area contributed by atoms with Gasteiger partial charge in [0.25, 0.3) is 0 Å². The van der Waals surface area contributed by atoms with Gasteiger partial charge in [-0.25, -0.2) is 4.98 Å². The molecule has 0 atom stereocenters. The Morgan fingerprint density at radius 1 is 1.14 bits per heavy atom. The van der Waals surface area contributed by atoms with Crippen LogP contribution < -0.4 is 15.7 Å². The lowest BCUT2D eigenvalue weighted by Gasteiger charge is -2.36. The van der Waals surface area contributed by atoms with Gasteiger partial charge >= 0.3 is 0 Å². The normalized spacial score (nSPS) is 15.3. The van der Waals surface area contributed by atoms with Gasteiger partial charge in [-0.2, -0.15) is 0 Å². The topological polar surface area (TPSA) is 59.7 Å². The molecule has 3 aromatic rings. The van der Waals surface area contributed by atoms with Crippen LogP contribution in [0.5, 0.6) is 0 Å². The molecule has 0 spiro atoms. The maximum Gasteiger partial charge on any atom is 0.142 e. The molecule has 152 valence electrons. The lowest BCUT2D eigenvalue weighted by molar-refractivity contribution is 0.249. The molecule has 2 aromatic heterocycles. The summed E-state index contributed by atoms with van der Waals surface area (Å²) in [6.45, 7) is 4.18. The van der Waals surface area contributed by atoms with Crippen LogP contribution in [0.3, 0.4) is 0 Å². The maximum absolute atomic E-state index is 8.63. The third kappa shape index (κ3) is 3.85. The first-order valence-electron chi connectivity index (χ1n) is 10.2. The van der Waals surface area contributed by atoms with Crippen LogP contribution in [0.25, 0.3) is 16.9 Å². The summed E-state index contributed by atoms with van der Waals surface area (Å²) in [5, 5.41) is 11.8. The second kappa shape index (κ2) is 7.87. The monoisotopic (exact) mass is 390 g/mol. The molecule has 29 heavy (non-hydrogen) atoms. The molecule has 2 N–H and O–H groups in total. The van der Waals surface area contributed by atoms with E-state index in [-0.39, 0.29) is 0 Å². The molecule has 1 aromatic carbocycles. The highest BCUT2D eigenvalue weighted by atomic mass is 15.2. The van der Waals surface area contributed by atoms with Crippen LogP contribution in [0.4, 0.5) is 11.4 Å². The van der Waals surface area contributed by atoms with Crippen LogP contribution in [-0.2, 0) is 0 Å². The Bertz CT molecular complexity index is 1080. The van der Waals surface area contributed by atoms with E-state index < -0.39 is 0 Å². The zero-order valence-electron chi connectivity index (χ0n) is 17.7. The Hall–Kier alpha value is -2.86. The van der Waals surface area contributed by atoms with Crippen molar-refractivity contribution in [3.05, 3.63) is 53.6 Å². The Morgan fingerprint density at radius 2 is 1.90 bits per heavy atom. The predicted octanol–water partition coefficient (Wildman–Crippen LogP) is 3.36. The van der Waals surface area contributed by atoms with Gasteiger partial charge in [0.2, 0.25) is 0 Å². The van der Waals surface area contributed by atoms with Gasteiger partial charge in [-0.3, -0.25) is 9.81 Å². The van der Waals surface area contributed by atoms with E-state index in [0.29, 0.717) is 11.5 Å². The van der Waals surface area contributed by atoms with E-state index in [0.717, 1.165) is 41.2 Å².